The van der Waals surface area contributed by atoms with Gasteiger partial charge in [-0.2, -0.15) is 0 Å². The molecule has 3 nitrogen and oxygen atoms in total. The van der Waals surface area contributed by atoms with E-state index < -0.39 is 0 Å². The molecule has 0 bridgehead atoms. The first-order valence-corrected chi connectivity index (χ1v) is 8.47. The number of piperidine rings is 1. The van der Waals surface area contributed by atoms with Crippen LogP contribution in [0.2, 0.25) is 0 Å². The monoisotopic (exact) mass is 288 g/mol. The van der Waals surface area contributed by atoms with Gasteiger partial charge in [-0.25, -0.2) is 0 Å². The Kier molecular flexibility index (Phi) is 5.15. The summed E-state index contributed by atoms with van der Waals surface area (Å²) in [7, 11) is 0. The van der Waals surface area contributed by atoms with Gasteiger partial charge in [-0.1, -0.05) is 18.6 Å². The van der Waals surface area contributed by atoms with Crippen LogP contribution in [-0.2, 0) is 0 Å². The molecule has 21 heavy (non-hydrogen) atoms. The average molecular weight is 288 g/mol. The highest BCUT2D eigenvalue weighted by atomic mass is 16.5. The minimum Gasteiger partial charge on any atom is -0.492 e. The molecule has 2 saturated heterocycles. The smallest absolute Gasteiger partial charge is 0.119 e. The van der Waals surface area contributed by atoms with Crippen LogP contribution in [0.5, 0.6) is 5.75 Å². The van der Waals surface area contributed by atoms with Crippen LogP contribution in [0.15, 0.2) is 24.3 Å². The summed E-state index contributed by atoms with van der Waals surface area (Å²) in [5, 5.41) is 0. The van der Waals surface area contributed by atoms with E-state index in [1.54, 1.807) is 0 Å². The molecule has 3 heteroatoms. The van der Waals surface area contributed by atoms with Gasteiger partial charge in [0, 0.05) is 19.1 Å². The highest BCUT2D eigenvalue weighted by Gasteiger charge is 2.26. The molecule has 0 saturated carbocycles. The molecule has 0 aliphatic carbocycles. The molecule has 1 aromatic rings. The van der Waals surface area contributed by atoms with Gasteiger partial charge in [-0.05, 0) is 63.5 Å². The molecule has 2 aliphatic rings. The summed E-state index contributed by atoms with van der Waals surface area (Å²) in [5.74, 6) is 1.00. The van der Waals surface area contributed by atoms with Gasteiger partial charge in [0.2, 0.25) is 0 Å². The van der Waals surface area contributed by atoms with Crippen LogP contribution < -0.4 is 4.74 Å². The Bertz CT molecular complexity index is 449. The third-order valence-corrected chi connectivity index (χ3v) is 4.80. The zero-order valence-corrected chi connectivity index (χ0v) is 13.3. The highest BCUT2D eigenvalue weighted by molar-refractivity contribution is 5.27. The Hall–Kier alpha value is -1.06. The Morgan fingerprint density at radius 3 is 2.95 bits per heavy atom. The number of benzene rings is 1. The van der Waals surface area contributed by atoms with E-state index >= 15 is 0 Å². The van der Waals surface area contributed by atoms with Crippen molar-refractivity contribution < 1.29 is 4.74 Å². The number of nitrogens with zero attached hydrogens (tertiary/aromatic N) is 2. The summed E-state index contributed by atoms with van der Waals surface area (Å²) in [4.78, 5) is 5.32. The van der Waals surface area contributed by atoms with Crippen LogP contribution in [0, 0.1) is 6.92 Å². The predicted octanol–water partition coefficient (Wildman–Crippen LogP) is 2.93. The first-order valence-electron chi connectivity index (χ1n) is 8.47. The van der Waals surface area contributed by atoms with Crippen LogP contribution in [0.25, 0.3) is 0 Å². The lowest BCUT2D eigenvalue weighted by molar-refractivity contribution is 0.130. The van der Waals surface area contributed by atoms with Crippen LogP contribution in [-0.4, -0.2) is 55.2 Å². The third-order valence-electron chi connectivity index (χ3n) is 4.80. The molecule has 0 aromatic heterocycles. The highest BCUT2D eigenvalue weighted by Crippen LogP contribution is 2.21. The van der Waals surface area contributed by atoms with Crippen molar-refractivity contribution in [1.82, 2.24) is 9.80 Å². The molecule has 2 aliphatic heterocycles. The maximum Gasteiger partial charge on any atom is 0.119 e. The predicted molar refractivity (Wildman–Crippen MR) is 86.9 cm³/mol. The lowest BCUT2D eigenvalue weighted by Crippen LogP contribution is -2.44. The van der Waals surface area contributed by atoms with E-state index in [-0.39, 0.29) is 0 Å². The first-order chi connectivity index (χ1) is 10.3. The molecule has 0 amide bonds. The normalized spacial score (nSPS) is 24.3. The molecule has 2 fully saturated rings. The van der Waals surface area contributed by atoms with Crippen LogP contribution >= 0.6 is 0 Å². The van der Waals surface area contributed by atoms with E-state index in [0.29, 0.717) is 0 Å². The average Bonchev–Trinajstić information content (AvgIpc) is 2.69. The van der Waals surface area contributed by atoms with E-state index in [1.807, 2.05) is 0 Å². The van der Waals surface area contributed by atoms with Crippen LogP contribution in [0.4, 0.5) is 0 Å². The Balaban J connectivity index is 1.46. The van der Waals surface area contributed by atoms with Crippen molar-refractivity contribution in [2.24, 2.45) is 0 Å². The molecule has 0 N–H and O–H groups in total. The van der Waals surface area contributed by atoms with Gasteiger partial charge >= 0.3 is 0 Å². The first kappa shape index (κ1) is 14.9. The van der Waals surface area contributed by atoms with Crippen molar-refractivity contribution in [3.63, 3.8) is 0 Å². The number of aryl methyl sites for hydroxylation is 1. The Morgan fingerprint density at radius 1 is 1.14 bits per heavy atom. The Labute approximate surface area is 128 Å². The Morgan fingerprint density at radius 2 is 2.05 bits per heavy atom. The standard InChI is InChI=1S/C18H28N2O/c1-16-6-4-8-18(14-16)21-13-12-19-9-5-11-20-10-3-2-7-17(20)15-19/h4,6,8,14,17H,2-3,5,7,9-13,15H2,1H3. The summed E-state index contributed by atoms with van der Waals surface area (Å²) in [6.45, 7) is 9.04. The molecular weight excluding hydrogens is 260 g/mol. The molecule has 1 aromatic carbocycles. The summed E-state index contributed by atoms with van der Waals surface area (Å²) in [6.07, 6.45) is 5.50. The van der Waals surface area contributed by atoms with Gasteiger partial charge < -0.3 is 4.74 Å². The van der Waals surface area contributed by atoms with E-state index in [9.17, 15) is 0 Å². The topological polar surface area (TPSA) is 15.7 Å². The van der Waals surface area contributed by atoms with Crippen molar-refractivity contribution >= 4 is 0 Å². The molecule has 3 rings (SSSR count). The van der Waals surface area contributed by atoms with Gasteiger partial charge in [-0.3, -0.25) is 9.80 Å². The van der Waals surface area contributed by atoms with Crippen LogP contribution in [0.1, 0.15) is 31.2 Å². The minimum atomic E-state index is 0.792. The molecular formula is C18H28N2O. The summed E-state index contributed by atoms with van der Waals surface area (Å²) >= 11 is 0. The lowest BCUT2D eigenvalue weighted by Gasteiger charge is -2.35. The lowest BCUT2D eigenvalue weighted by atomic mass is 10.0. The van der Waals surface area contributed by atoms with Crippen LogP contribution in [0.3, 0.4) is 0 Å². The zero-order valence-electron chi connectivity index (χ0n) is 13.3. The molecule has 1 atom stereocenters. The van der Waals surface area contributed by atoms with E-state index in [4.69, 9.17) is 4.74 Å². The van der Waals surface area contributed by atoms with Gasteiger partial charge in [-0.15, -0.1) is 0 Å². The quantitative estimate of drug-likeness (QED) is 0.847. The number of ether oxygens (including phenoxy) is 1. The molecule has 1 unspecified atom stereocenters. The molecule has 2 heterocycles. The summed E-state index contributed by atoms with van der Waals surface area (Å²) in [6, 6.07) is 9.14. The SMILES string of the molecule is Cc1cccc(OCCN2CCCN3CCCCC3C2)c1. The minimum absolute atomic E-state index is 0.792. The van der Waals surface area contributed by atoms with E-state index in [1.165, 1.54) is 57.4 Å². The maximum atomic E-state index is 5.91. The van der Waals surface area contributed by atoms with E-state index in [0.717, 1.165) is 24.9 Å². The number of hydrogen-bond donors (Lipinski definition) is 0. The van der Waals surface area contributed by atoms with Gasteiger partial charge in [0.25, 0.3) is 0 Å². The van der Waals surface area contributed by atoms with Crippen molar-refractivity contribution in [1.29, 1.82) is 0 Å². The second-order valence-electron chi connectivity index (χ2n) is 6.50. The van der Waals surface area contributed by atoms with E-state index in [2.05, 4.69) is 41.0 Å². The largest absolute Gasteiger partial charge is 0.492 e. The second kappa shape index (κ2) is 7.28. The van der Waals surface area contributed by atoms with Gasteiger partial charge in [0.1, 0.15) is 12.4 Å². The second-order valence-corrected chi connectivity index (χ2v) is 6.50. The molecule has 0 spiro atoms. The third kappa shape index (κ3) is 4.21. The van der Waals surface area contributed by atoms with Crippen molar-refractivity contribution in [2.75, 3.05) is 39.3 Å². The molecule has 116 valence electrons. The fraction of sp³-hybridized carbons (Fsp3) is 0.667. The fourth-order valence-electron chi connectivity index (χ4n) is 3.65. The zero-order chi connectivity index (χ0) is 14.5. The molecule has 0 radical (unpaired) electrons. The van der Waals surface area contributed by atoms with Crippen molar-refractivity contribution in [3.8, 4) is 5.75 Å². The van der Waals surface area contributed by atoms with Crippen molar-refractivity contribution in [3.05, 3.63) is 29.8 Å². The van der Waals surface area contributed by atoms with Gasteiger partial charge in [0.15, 0.2) is 0 Å². The summed E-state index contributed by atoms with van der Waals surface area (Å²) in [5.41, 5.74) is 1.26. The van der Waals surface area contributed by atoms with Crippen molar-refractivity contribution in [2.45, 2.75) is 38.6 Å². The fourth-order valence-corrected chi connectivity index (χ4v) is 3.65. The number of rotatable bonds is 4. The number of hydrogen-bond acceptors (Lipinski definition) is 3. The maximum absolute atomic E-state index is 5.91. The summed E-state index contributed by atoms with van der Waals surface area (Å²) < 4.78 is 5.91. The van der Waals surface area contributed by atoms with Gasteiger partial charge in [0.05, 0.1) is 0 Å². The number of fused-ring (bicyclic) bond motifs is 1.